The van der Waals surface area contributed by atoms with Crippen LogP contribution in [0, 0.1) is 5.82 Å². The molecule has 0 saturated heterocycles. The monoisotopic (exact) mass is 372 g/mol. The number of hydrogen-bond acceptors (Lipinski definition) is 3. The van der Waals surface area contributed by atoms with Gasteiger partial charge in [0.1, 0.15) is 10.7 Å². The number of aromatic nitrogens is 1. The van der Waals surface area contributed by atoms with Crippen LogP contribution in [-0.2, 0) is 0 Å². The van der Waals surface area contributed by atoms with Crippen LogP contribution in [0.4, 0.5) is 10.1 Å². The van der Waals surface area contributed by atoms with Crippen molar-refractivity contribution < 1.29 is 9.18 Å². The highest BCUT2D eigenvalue weighted by Crippen LogP contribution is 2.42. The van der Waals surface area contributed by atoms with E-state index < -0.39 is 0 Å². The van der Waals surface area contributed by atoms with Gasteiger partial charge in [-0.2, -0.15) is 0 Å². The number of nitrogens with one attached hydrogen (secondary N) is 1. The topological polar surface area (TPSA) is 42.0 Å². The molecule has 1 aromatic heterocycles. The number of carbonyl (C=O) groups is 1. The van der Waals surface area contributed by atoms with Crippen LogP contribution in [0.25, 0.3) is 11.1 Å². The van der Waals surface area contributed by atoms with E-state index in [1.807, 2.05) is 0 Å². The summed E-state index contributed by atoms with van der Waals surface area (Å²) >= 11 is 7.34. The fourth-order valence-electron chi connectivity index (χ4n) is 2.59. The van der Waals surface area contributed by atoms with Crippen molar-refractivity contribution in [2.45, 2.75) is 18.8 Å². The summed E-state index contributed by atoms with van der Waals surface area (Å²) in [5.41, 5.74) is 1.94. The number of hydrogen-bond donors (Lipinski definition) is 1. The summed E-state index contributed by atoms with van der Waals surface area (Å²) < 4.78 is 13.7. The molecule has 0 radical (unpaired) electrons. The van der Waals surface area contributed by atoms with Gasteiger partial charge in [0.05, 0.1) is 11.2 Å². The Morgan fingerprint density at radius 1 is 1.20 bits per heavy atom. The molecule has 0 atom stereocenters. The van der Waals surface area contributed by atoms with E-state index >= 15 is 0 Å². The lowest BCUT2D eigenvalue weighted by Gasteiger charge is -2.11. The average Bonchev–Trinajstić information content (AvgIpc) is 3.34. The summed E-state index contributed by atoms with van der Waals surface area (Å²) in [6.45, 7) is 0. The molecule has 0 aliphatic heterocycles. The van der Waals surface area contributed by atoms with Gasteiger partial charge in [0, 0.05) is 22.2 Å². The zero-order valence-corrected chi connectivity index (χ0v) is 14.7. The first-order valence-corrected chi connectivity index (χ1v) is 9.12. The Labute approximate surface area is 153 Å². The van der Waals surface area contributed by atoms with E-state index in [0.717, 1.165) is 23.4 Å². The van der Waals surface area contributed by atoms with Crippen molar-refractivity contribution >= 4 is 34.5 Å². The molecule has 3 aromatic rings. The molecule has 1 heterocycles. The number of nitrogens with zero attached hydrogens (tertiary/aromatic N) is 1. The van der Waals surface area contributed by atoms with Crippen LogP contribution < -0.4 is 5.32 Å². The summed E-state index contributed by atoms with van der Waals surface area (Å²) in [5, 5.41) is 4.49. The summed E-state index contributed by atoms with van der Waals surface area (Å²) in [5.74, 6) is -0.0787. The Hall–Kier alpha value is -2.24. The largest absolute Gasteiger partial charge is 0.321 e. The Morgan fingerprint density at radius 3 is 2.68 bits per heavy atom. The molecule has 1 aliphatic rings. The lowest BCUT2D eigenvalue weighted by atomic mass is 10.0. The first kappa shape index (κ1) is 16.2. The number of thiazole rings is 1. The Balaban J connectivity index is 1.62. The van der Waals surface area contributed by atoms with Gasteiger partial charge in [0.2, 0.25) is 0 Å². The van der Waals surface area contributed by atoms with Crippen LogP contribution >= 0.6 is 22.9 Å². The molecule has 0 unspecified atom stereocenters. The third-order valence-corrected chi connectivity index (χ3v) is 5.47. The van der Waals surface area contributed by atoms with Gasteiger partial charge in [-0.05, 0) is 48.7 Å². The van der Waals surface area contributed by atoms with E-state index in [-0.39, 0.29) is 11.7 Å². The highest BCUT2D eigenvalue weighted by molar-refractivity contribution is 7.13. The number of amides is 1. The number of carbonyl (C=O) groups excluding carboxylic acids is 1. The number of anilines is 1. The van der Waals surface area contributed by atoms with Gasteiger partial charge < -0.3 is 5.32 Å². The molecule has 3 nitrogen and oxygen atoms in total. The van der Waals surface area contributed by atoms with Crippen LogP contribution in [0.15, 0.2) is 48.7 Å². The molecule has 25 heavy (non-hydrogen) atoms. The molecular weight excluding hydrogens is 359 g/mol. The Kier molecular flexibility index (Phi) is 4.27. The summed E-state index contributed by atoms with van der Waals surface area (Å²) in [7, 11) is 0. The van der Waals surface area contributed by atoms with Crippen LogP contribution in [0.3, 0.4) is 0 Å². The second-order valence-electron chi connectivity index (χ2n) is 5.99. The summed E-state index contributed by atoms with van der Waals surface area (Å²) in [6.07, 6.45) is 3.90. The van der Waals surface area contributed by atoms with Crippen LogP contribution in [0.1, 0.15) is 33.4 Å². The van der Waals surface area contributed by atoms with Crippen molar-refractivity contribution in [1.82, 2.24) is 4.98 Å². The molecular formula is C19H14ClFN2OS. The molecule has 126 valence electrons. The first-order chi connectivity index (χ1) is 12.1. The number of halogens is 2. The molecule has 1 saturated carbocycles. The minimum Gasteiger partial charge on any atom is -0.321 e. The zero-order chi connectivity index (χ0) is 17.4. The van der Waals surface area contributed by atoms with E-state index in [2.05, 4.69) is 10.3 Å². The number of rotatable bonds is 4. The van der Waals surface area contributed by atoms with E-state index in [0.29, 0.717) is 27.1 Å². The molecule has 1 amide bonds. The maximum Gasteiger partial charge on any atom is 0.267 e. The van der Waals surface area contributed by atoms with Gasteiger partial charge in [-0.3, -0.25) is 4.79 Å². The van der Waals surface area contributed by atoms with Gasteiger partial charge in [0.15, 0.2) is 0 Å². The molecule has 4 rings (SSSR count). The third kappa shape index (κ3) is 3.57. The maximum absolute atomic E-state index is 13.7. The van der Waals surface area contributed by atoms with E-state index in [9.17, 15) is 9.18 Å². The van der Waals surface area contributed by atoms with Gasteiger partial charge in [0.25, 0.3) is 5.91 Å². The smallest absolute Gasteiger partial charge is 0.267 e. The minimum atomic E-state index is -0.364. The molecule has 0 bridgehead atoms. The number of benzene rings is 2. The van der Waals surface area contributed by atoms with Crippen molar-refractivity contribution in [3.8, 4) is 11.1 Å². The van der Waals surface area contributed by atoms with Crippen molar-refractivity contribution in [2.24, 2.45) is 0 Å². The molecule has 1 aliphatic carbocycles. The quantitative estimate of drug-likeness (QED) is 0.635. The molecule has 6 heteroatoms. The van der Waals surface area contributed by atoms with Crippen molar-refractivity contribution in [3.63, 3.8) is 0 Å². The van der Waals surface area contributed by atoms with Crippen LogP contribution in [-0.4, -0.2) is 10.9 Å². The van der Waals surface area contributed by atoms with E-state index in [1.165, 1.54) is 23.5 Å². The highest BCUT2D eigenvalue weighted by Gasteiger charge is 2.27. The van der Waals surface area contributed by atoms with Crippen molar-refractivity contribution in [2.75, 3.05) is 5.32 Å². The summed E-state index contributed by atoms with van der Waals surface area (Å²) in [4.78, 5) is 17.4. The summed E-state index contributed by atoms with van der Waals surface area (Å²) in [6, 6.07) is 11.4. The fraction of sp³-hybridized carbons (Fsp3) is 0.158. The van der Waals surface area contributed by atoms with Gasteiger partial charge in [-0.25, -0.2) is 9.37 Å². The molecule has 2 aromatic carbocycles. The SMILES string of the molecule is O=C(Nc1ccc(F)cc1-c1ccc(Cl)cc1)c1cnc(C2CC2)s1. The zero-order valence-electron chi connectivity index (χ0n) is 13.1. The second kappa shape index (κ2) is 6.58. The second-order valence-corrected chi connectivity index (χ2v) is 7.49. The normalized spacial score (nSPS) is 13.7. The van der Waals surface area contributed by atoms with Crippen LogP contribution in [0.2, 0.25) is 5.02 Å². The fourth-order valence-corrected chi connectivity index (χ4v) is 3.70. The van der Waals surface area contributed by atoms with Gasteiger partial charge >= 0.3 is 0 Å². The van der Waals surface area contributed by atoms with Crippen molar-refractivity contribution in [1.29, 1.82) is 0 Å². The van der Waals surface area contributed by atoms with Gasteiger partial charge in [-0.1, -0.05) is 23.7 Å². The standard InChI is InChI=1S/C19H14ClFN2OS/c20-13-5-3-11(4-6-13)15-9-14(21)7-8-16(15)23-18(24)17-10-22-19(25-17)12-1-2-12/h3-10,12H,1-2H2,(H,23,24). The minimum absolute atomic E-state index is 0.230. The molecule has 1 fully saturated rings. The van der Waals surface area contributed by atoms with Crippen LogP contribution in [0.5, 0.6) is 0 Å². The predicted octanol–water partition coefficient (Wildman–Crippen LogP) is 5.73. The lowest BCUT2D eigenvalue weighted by Crippen LogP contribution is -2.11. The predicted molar refractivity (Wildman–Crippen MR) is 98.9 cm³/mol. The third-order valence-electron chi connectivity index (χ3n) is 4.06. The highest BCUT2D eigenvalue weighted by atomic mass is 35.5. The van der Waals surface area contributed by atoms with Gasteiger partial charge in [-0.15, -0.1) is 11.3 Å². The first-order valence-electron chi connectivity index (χ1n) is 7.93. The maximum atomic E-state index is 13.7. The Morgan fingerprint density at radius 2 is 1.96 bits per heavy atom. The van der Waals surface area contributed by atoms with E-state index in [4.69, 9.17) is 11.6 Å². The Bertz CT molecular complexity index is 935. The molecule has 1 N–H and O–H groups in total. The van der Waals surface area contributed by atoms with E-state index in [1.54, 1.807) is 36.5 Å². The molecule has 0 spiro atoms. The average molecular weight is 373 g/mol. The van der Waals surface area contributed by atoms with Crippen molar-refractivity contribution in [3.05, 3.63) is 69.4 Å². The lowest BCUT2D eigenvalue weighted by molar-refractivity contribution is 0.103.